The van der Waals surface area contributed by atoms with E-state index < -0.39 is 11.9 Å². The minimum absolute atomic E-state index is 0.0129. The summed E-state index contributed by atoms with van der Waals surface area (Å²) in [6.07, 6.45) is 3.65. The summed E-state index contributed by atoms with van der Waals surface area (Å²) >= 11 is 12.0. The zero-order chi connectivity index (χ0) is 25.7. The van der Waals surface area contributed by atoms with E-state index in [1.165, 1.54) is 6.08 Å². The number of hydrogen-bond donors (Lipinski definition) is 1. The van der Waals surface area contributed by atoms with Crippen molar-refractivity contribution in [2.24, 2.45) is 5.73 Å². The van der Waals surface area contributed by atoms with Crippen LogP contribution in [0.4, 0.5) is 0 Å². The zero-order valence-electron chi connectivity index (χ0n) is 19.3. The monoisotopic (exact) mass is 520 g/mol. The molecule has 0 fully saturated rings. The first-order chi connectivity index (χ1) is 17.4. The number of halogens is 2. The summed E-state index contributed by atoms with van der Waals surface area (Å²) < 4.78 is 17.1. The molecule has 8 heteroatoms. The molecule has 36 heavy (non-hydrogen) atoms. The van der Waals surface area contributed by atoms with Crippen LogP contribution < -0.4 is 19.9 Å². The van der Waals surface area contributed by atoms with Crippen molar-refractivity contribution in [1.29, 1.82) is 5.26 Å². The van der Waals surface area contributed by atoms with E-state index in [2.05, 4.69) is 6.07 Å². The van der Waals surface area contributed by atoms with Crippen molar-refractivity contribution in [3.8, 4) is 23.3 Å². The second kappa shape index (κ2) is 11.2. The van der Waals surface area contributed by atoms with Crippen LogP contribution in [0.2, 0.25) is 10.0 Å². The number of carbonyl (C=O) groups is 1. The van der Waals surface area contributed by atoms with Crippen LogP contribution >= 0.6 is 23.2 Å². The highest BCUT2D eigenvalue weighted by Gasteiger charge is 2.32. The maximum Gasteiger partial charge on any atom is 0.336 e. The molecule has 3 aromatic rings. The molecule has 0 aromatic heterocycles. The normalized spacial score (nSPS) is 14.7. The van der Waals surface area contributed by atoms with Gasteiger partial charge >= 0.3 is 5.97 Å². The highest BCUT2D eigenvalue weighted by molar-refractivity contribution is 6.35. The Morgan fingerprint density at radius 2 is 1.94 bits per heavy atom. The van der Waals surface area contributed by atoms with E-state index in [0.717, 1.165) is 12.0 Å². The van der Waals surface area contributed by atoms with Crippen molar-refractivity contribution in [2.45, 2.75) is 19.3 Å². The molecule has 0 radical (unpaired) electrons. The van der Waals surface area contributed by atoms with Crippen LogP contribution in [0.3, 0.4) is 0 Å². The number of ether oxygens (including phenoxy) is 3. The Bertz CT molecular complexity index is 1410. The fraction of sp³-hybridized carbons (Fsp3) is 0.143. The zero-order valence-corrected chi connectivity index (χ0v) is 20.8. The van der Waals surface area contributed by atoms with Gasteiger partial charge in [0.2, 0.25) is 5.88 Å². The summed E-state index contributed by atoms with van der Waals surface area (Å²) in [5.41, 5.74) is 8.53. The summed E-state index contributed by atoms with van der Waals surface area (Å²) in [7, 11) is 0. The number of nitrogens with zero attached hydrogens (tertiary/aromatic N) is 1. The Morgan fingerprint density at radius 3 is 2.69 bits per heavy atom. The molecule has 182 valence electrons. The second-order valence-electron chi connectivity index (χ2n) is 7.93. The Kier molecular flexibility index (Phi) is 7.84. The molecule has 2 N–H and O–H groups in total. The number of nitrogens with two attached hydrogens (primary N) is 1. The maximum atomic E-state index is 12.4. The number of esters is 1. The van der Waals surface area contributed by atoms with Gasteiger partial charge in [0.25, 0.3) is 0 Å². The Hall–Kier alpha value is -3.92. The smallest absolute Gasteiger partial charge is 0.336 e. The predicted octanol–water partition coefficient (Wildman–Crippen LogP) is 6.62. The van der Waals surface area contributed by atoms with E-state index in [1.54, 1.807) is 42.5 Å². The van der Waals surface area contributed by atoms with Gasteiger partial charge in [-0.3, -0.25) is 0 Å². The van der Waals surface area contributed by atoms with Crippen LogP contribution in [0.15, 0.2) is 78.2 Å². The average molecular weight is 521 g/mol. The number of fused-ring (bicyclic) bond motifs is 1. The van der Waals surface area contributed by atoms with Crippen molar-refractivity contribution in [2.75, 3.05) is 6.61 Å². The molecule has 0 spiro atoms. The summed E-state index contributed by atoms with van der Waals surface area (Å²) in [5, 5.41) is 10.8. The van der Waals surface area contributed by atoms with Crippen LogP contribution in [-0.4, -0.2) is 12.6 Å². The first kappa shape index (κ1) is 25.2. The molecule has 1 heterocycles. The third-order valence-corrected chi connectivity index (χ3v) is 6.02. The van der Waals surface area contributed by atoms with E-state index >= 15 is 0 Å². The standard InChI is InChI=1S/C28H22Cl2N2O4/c1-2-13-34-24-6-4-3-5-20(24)27-21-11-10-19(15-25(21)36-28(32)22(27)16-31)35-26(33)12-8-17-7-9-18(29)14-23(17)30/h3-12,14-15,27H,2,13,32H2,1H3/b12-8+. The first-order valence-corrected chi connectivity index (χ1v) is 11.9. The summed E-state index contributed by atoms with van der Waals surface area (Å²) in [6.45, 7) is 2.56. The molecule has 0 saturated heterocycles. The molecule has 6 nitrogen and oxygen atoms in total. The lowest BCUT2D eigenvalue weighted by molar-refractivity contribution is -0.128. The molecule has 1 aliphatic rings. The molecule has 1 atom stereocenters. The molecule has 4 rings (SSSR count). The molecule has 0 amide bonds. The Balaban J connectivity index is 1.62. The highest BCUT2D eigenvalue weighted by atomic mass is 35.5. The van der Waals surface area contributed by atoms with Gasteiger partial charge in [0.1, 0.15) is 28.9 Å². The van der Waals surface area contributed by atoms with Crippen LogP contribution in [0.5, 0.6) is 17.2 Å². The topological polar surface area (TPSA) is 94.6 Å². The van der Waals surface area contributed by atoms with Gasteiger partial charge in [-0.25, -0.2) is 4.79 Å². The lowest BCUT2D eigenvalue weighted by Crippen LogP contribution is -2.21. The summed E-state index contributed by atoms with van der Waals surface area (Å²) in [6, 6.07) is 19.6. The molecule has 0 aliphatic carbocycles. The minimum atomic E-state index is -0.604. The van der Waals surface area contributed by atoms with Gasteiger partial charge in [-0.2, -0.15) is 5.26 Å². The van der Waals surface area contributed by atoms with E-state index in [4.69, 9.17) is 43.1 Å². The van der Waals surface area contributed by atoms with Gasteiger partial charge < -0.3 is 19.9 Å². The van der Waals surface area contributed by atoms with Crippen LogP contribution in [-0.2, 0) is 4.79 Å². The quantitative estimate of drug-likeness (QED) is 0.213. The van der Waals surface area contributed by atoms with Crippen LogP contribution in [0, 0.1) is 11.3 Å². The first-order valence-electron chi connectivity index (χ1n) is 11.2. The minimum Gasteiger partial charge on any atom is -0.493 e. The number of hydrogen-bond acceptors (Lipinski definition) is 6. The van der Waals surface area contributed by atoms with E-state index in [9.17, 15) is 10.1 Å². The third-order valence-electron chi connectivity index (χ3n) is 5.46. The fourth-order valence-electron chi connectivity index (χ4n) is 3.83. The lowest BCUT2D eigenvalue weighted by Gasteiger charge is -2.28. The number of rotatable bonds is 7. The van der Waals surface area contributed by atoms with Crippen LogP contribution in [0.25, 0.3) is 6.08 Å². The Morgan fingerprint density at radius 1 is 1.14 bits per heavy atom. The third kappa shape index (κ3) is 5.49. The maximum absolute atomic E-state index is 12.4. The lowest BCUT2D eigenvalue weighted by atomic mass is 9.83. The second-order valence-corrected chi connectivity index (χ2v) is 8.77. The summed E-state index contributed by atoms with van der Waals surface area (Å²) in [5.74, 6) is 0.196. The predicted molar refractivity (Wildman–Crippen MR) is 139 cm³/mol. The van der Waals surface area contributed by atoms with Gasteiger partial charge in [0.15, 0.2) is 0 Å². The Labute approximate surface area is 219 Å². The molecule has 0 saturated carbocycles. The fourth-order valence-corrected chi connectivity index (χ4v) is 4.30. The molecule has 1 aliphatic heterocycles. The van der Waals surface area contributed by atoms with E-state index in [1.807, 2.05) is 31.2 Å². The largest absolute Gasteiger partial charge is 0.493 e. The number of nitriles is 1. The van der Waals surface area contributed by atoms with E-state index in [-0.39, 0.29) is 17.2 Å². The van der Waals surface area contributed by atoms with Gasteiger partial charge in [-0.05, 0) is 42.3 Å². The van der Waals surface area contributed by atoms with Crippen molar-refractivity contribution >= 4 is 35.2 Å². The number of allylic oxidation sites excluding steroid dienone is 1. The molecular weight excluding hydrogens is 499 g/mol. The number of carbonyl (C=O) groups excluding carboxylic acids is 1. The van der Waals surface area contributed by atoms with Gasteiger partial charge in [-0.15, -0.1) is 0 Å². The van der Waals surface area contributed by atoms with Crippen molar-refractivity contribution < 1.29 is 19.0 Å². The van der Waals surface area contributed by atoms with Crippen molar-refractivity contribution in [3.63, 3.8) is 0 Å². The highest BCUT2D eigenvalue weighted by Crippen LogP contribution is 2.45. The van der Waals surface area contributed by atoms with Crippen molar-refractivity contribution in [3.05, 3.63) is 105 Å². The summed E-state index contributed by atoms with van der Waals surface area (Å²) in [4.78, 5) is 12.4. The molecule has 3 aromatic carbocycles. The van der Waals surface area contributed by atoms with Gasteiger partial charge in [-0.1, -0.05) is 60.5 Å². The van der Waals surface area contributed by atoms with Crippen molar-refractivity contribution in [1.82, 2.24) is 0 Å². The average Bonchev–Trinajstić information content (AvgIpc) is 2.86. The number of benzene rings is 3. The van der Waals surface area contributed by atoms with Gasteiger partial charge in [0.05, 0.1) is 12.5 Å². The molecule has 0 bridgehead atoms. The van der Waals surface area contributed by atoms with Gasteiger partial charge in [0, 0.05) is 33.3 Å². The van der Waals surface area contributed by atoms with E-state index in [0.29, 0.717) is 39.3 Å². The molecular formula is C28H22Cl2N2O4. The molecule has 1 unspecified atom stereocenters. The number of para-hydroxylation sites is 1. The van der Waals surface area contributed by atoms with Crippen LogP contribution in [0.1, 0.15) is 36.0 Å². The SMILES string of the molecule is CCCOc1ccccc1C1C(C#N)=C(N)Oc2cc(OC(=O)/C=C/c3ccc(Cl)cc3Cl)ccc21.